The minimum atomic E-state index is -3.24. The summed E-state index contributed by atoms with van der Waals surface area (Å²) in [5.41, 5.74) is 2.58. The number of hydrogen-bond acceptors (Lipinski definition) is 7. The molecular formula is C22H26N4O4S2. The number of urea groups is 1. The van der Waals surface area contributed by atoms with Gasteiger partial charge in [0.05, 0.1) is 10.4 Å². The standard InChI is InChI=1S/C22H26N4O4S2/c1-14(2)25-22(27)26-10-8-16(9-11-26)30-21-20-19(23-13-24-21)18(12-31-20)15-4-6-17(7-5-15)32(3,28)29/h4-7,12-14,16H,8-11H2,1-3H3,(H,25,27). The smallest absolute Gasteiger partial charge is 0.317 e. The molecular weight excluding hydrogens is 448 g/mol. The van der Waals surface area contributed by atoms with Crippen LogP contribution in [0, 0.1) is 0 Å². The molecule has 0 radical (unpaired) electrons. The number of piperidine rings is 1. The number of hydrogen-bond donors (Lipinski definition) is 1. The number of sulfone groups is 1. The van der Waals surface area contributed by atoms with E-state index in [-0.39, 0.29) is 23.1 Å². The summed E-state index contributed by atoms with van der Waals surface area (Å²) in [5.74, 6) is 0.545. The number of thiophene rings is 1. The Morgan fingerprint density at radius 1 is 1.19 bits per heavy atom. The Hall–Kier alpha value is -2.72. The molecule has 2 aromatic heterocycles. The molecule has 170 valence electrons. The minimum absolute atomic E-state index is 0.0178. The number of aromatic nitrogens is 2. The van der Waals surface area contributed by atoms with E-state index in [1.54, 1.807) is 24.3 Å². The van der Waals surface area contributed by atoms with E-state index in [1.165, 1.54) is 23.9 Å². The predicted molar refractivity (Wildman–Crippen MR) is 125 cm³/mol. The van der Waals surface area contributed by atoms with Gasteiger partial charge in [-0.2, -0.15) is 0 Å². The van der Waals surface area contributed by atoms with Gasteiger partial charge in [0.25, 0.3) is 0 Å². The Labute approximate surface area is 191 Å². The zero-order chi connectivity index (χ0) is 22.9. The van der Waals surface area contributed by atoms with Crippen LogP contribution in [0.3, 0.4) is 0 Å². The van der Waals surface area contributed by atoms with Crippen LogP contribution in [0.4, 0.5) is 4.79 Å². The van der Waals surface area contributed by atoms with Crippen LogP contribution in [0.1, 0.15) is 26.7 Å². The van der Waals surface area contributed by atoms with Crippen molar-refractivity contribution in [2.75, 3.05) is 19.3 Å². The summed E-state index contributed by atoms with van der Waals surface area (Å²) in [6.07, 6.45) is 4.14. The van der Waals surface area contributed by atoms with Crippen LogP contribution in [-0.4, -0.2) is 60.8 Å². The molecule has 3 heterocycles. The van der Waals surface area contributed by atoms with Gasteiger partial charge < -0.3 is 15.0 Å². The zero-order valence-corrected chi connectivity index (χ0v) is 19.9. The lowest BCUT2D eigenvalue weighted by Crippen LogP contribution is -2.48. The first-order valence-corrected chi connectivity index (χ1v) is 13.2. The topological polar surface area (TPSA) is 101 Å². The molecule has 1 fully saturated rings. The molecule has 1 aliphatic heterocycles. The first kappa shape index (κ1) is 22.5. The number of nitrogens with one attached hydrogen (secondary N) is 1. The van der Waals surface area contributed by atoms with Gasteiger partial charge in [0.15, 0.2) is 9.84 Å². The first-order chi connectivity index (χ1) is 15.2. The van der Waals surface area contributed by atoms with E-state index in [0.717, 1.165) is 34.2 Å². The maximum atomic E-state index is 12.2. The third kappa shape index (κ3) is 4.86. The van der Waals surface area contributed by atoms with Crippen LogP contribution in [0.15, 0.2) is 40.9 Å². The van der Waals surface area contributed by atoms with Crippen molar-refractivity contribution in [2.45, 2.75) is 43.7 Å². The average Bonchev–Trinajstić information content (AvgIpc) is 3.18. The number of nitrogens with zero attached hydrogens (tertiary/aromatic N) is 3. The monoisotopic (exact) mass is 474 g/mol. The first-order valence-electron chi connectivity index (χ1n) is 10.5. The van der Waals surface area contributed by atoms with Crippen LogP contribution < -0.4 is 10.1 Å². The summed E-state index contributed by atoms with van der Waals surface area (Å²) < 4.78 is 30.5. The molecule has 1 saturated heterocycles. The molecule has 0 saturated carbocycles. The van der Waals surface area contributed by atoms with Crippen molar-refractivity contribution in [3.05, 3.63) is 36.0 Å². The Kier molecular flexibility index (Phi) is 6.34. The molecule has 3 aromatic rings. The van der Waals surface area contributed by atoms with Crippen molar-refractivity contribution in [3.8, 4) is 17.0 Å². The molecule has 4 rings (SSSR count). The maximum Gasteiger partial charge on any atom is 0.317 e. The Morgan fingerprint density at radius 3 is 2.50 bits per heavy atom. The molecule has 2 amide bonds. The number of benzene rings is 1. The fraction of sp³-hybridized carbons (Fsp3) is 0.409. The summed E-state index contributed by atoms with van der Waals surface area (Å²) in [6.45, 7) is 5.17. The largest absolute Gasteiger partial charge is 0.473 e. The van der Waals surface area contributed by atoms with E-state index in [2.05, 4.69) is 15.3 Å². The number of carbonyl (C=O) groups is 1. The van der Waals surface area contributed by atoms with Gasteiger partial charge in [0.2, 0.25) is 5.88 Å². The number of ether oxygens (including phenoxy) is 1. The van der Waals surface area contributed by atoms with Crippen molar-refractivity contribution in [3.63, 3.8) is 0 Å². The third-order valence-corrected chi connectivity index (χ3v) is 7.42. The molecule has 0 unspecified atom stereocenters. The van der Waals surface area contributed by atoms with Crippen LogP contribution in [0.5, 0.6) is 5.88 Å². The molecule has 1 aromatic carbocycles. The second kappa shape index (κ2) is 9.03. The zero-order valence-electron chi connectivity index (χ0n) is 18.2. The molecule has 10 heteroatoms. The van der Waals surface area contributed by atoms with E-state index in [0.29, 0.717) is 19.0 Å². The van der Waals surface area contributed by atoms with Gasteiger partial charge in [0.1, 0.15) is 17.1 Å². The van der Waals surface area contributed by atoms with E-state index in [9.17, 15) is 13.2 Å². The average molecular weight is 475 g/mol. The molecule has 0 bridgehead atoms. The SMILES string of the molecule is CC(C)NC(=O)N1CCC(Oc2ncnc3c(-c4ccc(S(C)(=O)=O)cc4)csc23)CC1. The van der Waals surface area contributed by atoms with Crippen molar-refractivity contribution < 1.29 is 17.9 Å². The molecule has 0 aliphatic carbocycles. The lowest BCUT2D eigenvalue weighted by Gasteiger charge is -2.32. The van der Waals surface area contributed by atoms with Gasteiger partial charge in [-0.25, -0.2) is 23.2 Å². The number of amides is 2. The lowest BCUT2D eigenvalue weighted by atomic mass is 10.1. The second-order valence-corrected chi connectivity index (χ2v) is 11.1. The summed E-state index contributed by atoms with van der Waals surface area (Å²) in [7, 11) is -3.24. The summed E-state index contributed by atoms with van der Waals surface area (Å²) in [5, 5.41) is 4.91. The van der Waals surface area contributed by atoms with Crippen LogP contribution in [-0.2, 0) is 9.84 Å². The van der Waals surface area contributed by atoms with Gasteiger partial charge in [-0.3, -0.25) is 0 Å². The highest BCUT2D eigenvalue weighted by molar-refractivity contribution is 7.90. The fourth-order valence-corrected chi connectivity index (χ4v) is 5.26. The molecule has 1 N–H and O–H groups in total. The van der Waals surface area contributed by atoms with Crippen molar-refractivity contribution in [2.24, 2.45) is 0 Å². The van der Waals surface area contributed by atoms with Crippen LogP contribution in [0.2, 0.25) is 0 Å². The normalized spacial score (nSPS) is 15.3. The van der Waals surface area contributed by atoms with E-state index in [1.807, 2.05) is 24.1 Å². The Morgan fingerprint density at radius 2 is 1.88 bits per heavy atom. The van der Waals surface area contributed by atoms with Gasteiger partial charge in [-0.05, 0) is 31.5 Å². The maximum absolute atomic E-state index is 12.2. The molecule has 0 atom stereocenters. The Balaban J connectivity index is 1.49. The van der Waals surface area contributed by atoms with Crippen molar-refractivity contribution in [1.29, 1.82) is 0 Å². The highest BCUT2D eigenvalue weighted by Gasteiger charge is 2.25. The lowest BCUT2D eigenvalue weighted by molar-refractivity contribution is 0.108. The number of fused-ring (bicyclic) bond motifs is 1. The van der Waals surface area contributed by atoms with E-state index >= 15 is 0 Å². The van der Waals surface area contributed by atoms with Crippen LogP contribution in [0.25, 0.3) is 21.3 Å². The fourth-order valence-electron chi connectivity index (χ4n) is 3.67. The molecule has 0 spiro atoms. The Bertz CT molecular complexity index is 1210. The van der Waals surface area contributed by atoms with Gasteiger partial charge in [-0.15, -0.1) is 11.3 Å². The molecule has 32 heavy (non-hydrogen) atoms. The van der Waals surface area contributed by atoms with Gasteiger partial charge in [-0.1, -0.05) is 12.1 Å². The minimum Gasteiger partial charge on any atom is -0.473 e. The summed E-state index contributed by atoms with van der Waals surface area (Å²) in [6, 6.07) is 6.87. The summed E-state index contributed by atoms with van der Waals surface area (Å²) >= 11 is 1.50. The second-order valence-electron chi connectivity index (χ2n) is 8.21. The van der Waals surface area contributed by atoms with Crippen LogP contribution >= 0.6 is 11.3 Å². The number of likely N-dealkylation sites (tertiary alicyclic amines) is 1. The highest BCUT2D eigenvalue weighted by Crippen LogP contribution is 2.37. The quantitative estimate of drug-likeness (QED) is 0.605. The highest BCUT2D eigenvalue weighted by atomic mass is 32.2. The number of rotatable bonds is 5. The van der Waals surface area contributed by atoms with Crippen molar-refractivity contribution >= 4 is 37.4 Å². The predicted octanol–water partition coefficient (Wildman–Crippen LogP) is 3.72. The van der Waals surface area contributed by atoms with E-state index < -0.39 is 9.84 Å². The summed E-state index contributed by atoms with van der Waals surface area (Å²) in [4.78, 5) is 23.1. The van der Waals surface area contributed by atoms with Gasteiger partial charge in [0, 0.05) is 49.2 Å². The van der Waals surface area contributed by atoms with E-state index in [4.69, 9.17) is 4.74 Å². The third-order valence-electron chi connectivity index (χ3n) is 5.33. The molecule has 1 aliphatic rings. The number of carbonyl (C=O) groups excluding carboxylic acids is 1. The molecule has 8 nitrogen and oxygen atoms in total. The van der Waals surface area contributed by atoms with Crippen molar-refractivity contribution in [1.82, 2.24) is 20.2 Å². The van der Waals surface area contributed by atoms with Gasteiger partial charge >= 0.3 is 6.03 Å².